The quantitative estimate of drug-likeness (QED) is 0.169. The summed E-state index contributed by atoms with van der Waals surface area (Å²) in [7, 11) is 0. The fraction of sp³-hybridized carbons (Fsp3) is 0.467. The Morgan fingerprint density at radius 2 is 1.12 bits per heavy atom. The lowest BCUT2D eigenvalue weighted by molar-refractivity contribution is -0.142. The Labute approximate surface area is 240 Å². The summed E-state index contributed by atoms with van der Waals surface area (Å²) in [5.41, 5.74) is 7.34. The first-order valence-electron chi connectivity index (χ1n) is 13.8. The van der Waals surface area contributed by atoms with Gasteiger partial charge in [-0.15, -0.1) is 0 Å². The van der Waals surface area contributed by atoms with E-state index in [2.05, 4.69) is 16.0 Å². The molecule has 0 radical (unpaired) electrons. The van der Waals surface area contributed by atoms with Crippen LogP contribution in [-0.2, 0) is 32.0 Å². The summed E-state index contributed by atoms with van der Waals surface area (Å²) in [5.74, 6) is -3.16. The monoisotopic (exact) mass is 570 g/mol. The molecule has 0 saturated heterocycles. The minimum absolute atomic E-state index is 0.0310. The van der Waals surface area contributed by atoms with Crippen LogP contribution in [0.3, 0.4) is 0 Å². The first kappa shape index (κ1) is 33.1. The van der Waals surface area contributed by atoms with Crippen LogP contribution in [0.5, 0.6) is 11.5 Å². The van der Waals surface area contributed by atoms with Crippen LogP contribution in [-0.4, -0.2) is 63.2 Å². The lowest BCUT2D eigenvalue weighted by atomic mass is 9.97. The zero-order valence-electron chi connectivity index (χ0n) is 24.0. The van der Waals surface area contributed by atoms with Crippen LogP contribution in [0.2, 0.25) is 0 Å². The second-order valence-electron chi connectivity index (χ2n) is 10.8. The number of carboxylic acid groups (broad SMARTS) is 1. The van der Waals surface area contributed by atoms with Crippen LogP contribution in [0.15, 0.2) is 48.5 Å². The van der Waals surface area contributed by atoms with E-state index in [0.717, 1.165) is 0 Å². The van der Waals surface area contributed by atoms with E-state index in [-0.39, 0.29) is 42.6 Å². The van der Waals surface area contributed by atoms with Gasteiger partial charge in [-0.25, -0.2) is 4.79 Å². The van der Waals surface area contributed by atoms with Gasteiger partial charge in [-0.05, 0) is 53.6 Å². The van der Waals surface area contributed by atoms with Gasteiger partial charge >= 0.3 is 5.97 Å². The molecule has 3 amide bonds. The summed E-state index contributed by atoms with van der Waals surface area (Å²) >= 11 is 0. The van der Waals surface area contributed by atoms with Gasteiger partial charge in [-0.3, -0.25) is 14.4 Å². The van der Waals surface area contributed by atoms with Gasteiger partial charge in [-0.1, -0.05) is 58.4 Å². The first-order valence-corrected chi connectivity index (χ1v) is 13.8. The summed E-state index contributed by atoms with van der Waals surface area (Å²) in [6.07, 6.45) is 0.917. The molecule has 5 atom stereocenters. The maximum absolute atomic E-state index is 13.5. The highest BCUT2D eigenvalue weighted by Crippen LogP contribution is 2.15. The van der Waals surface area contributed by atoms with E-state index in [9.17, 15) is 34.5 Å². The molecule has 224 valence electrons. The maximum atomic E-state index is 13.5. The summed E-state index contributed by atoms with van der Waals surface area (Å²) < 4.78 is 0. The van der Waals surface area contributed by atoms with Crippen molar-refractivity contribution < 1.29 is 34.5 Å². The molecule has 8 N–H and O–H groups in total. The fourth-order valence-corrected chi connectivity index (χ4v) is 4.17. The van der Waals surface area contributed by atoms with Gasteiger partial charge in [-0.2, -0.15) is 0 Å². The van der Waals surface area contributed by atoms with Crippen molar-refractivity contribution in [2.75, 3.05) is 0 Å². The molecule has 5 unspecified atom stereocenters. The molecule has 2 rings (SSSR count). The van der Waals surface area contributed by atoms with Crippen molar-refractivity contribution in [1.29, 1.82) is 0 Å². The van der Waals surface area contributed by atoms with E-state index in [0.29, 0.717) is 17.5 Å². The minimum Gasteiger partial charge on any atom is -0.508 e. The molecule has 0 aliphatic rings. The van der Waals surface area contributed by atoms with E-state index in [1.807, 2.05) is 27.7 Å². The lowest BCUT2D eigenvalue weighted by Crippen LogP contribution is -2.58. The van der Waals surface area contributed by atoms with E-state index in [1.165, 1.54) is 24.3 Å². The van der Waals surface area contributed by atoms with Gasteiger partial charge in [0.05, 0.1) is 6.04 Å². The predicted octanol–water partition coefficient (Wildman–Crippen LogP) is 1.84. The van der Waals surface area contributed by atoms with E-state index in [1.54, 1.807) is 24.3 Å². The number of phenols is 2. The van der Waals surface area contributed by atoms with Crippen LogP contribution < -0.4 is 21.7 Å². The van der Waals surface area contributed by atoms with Gasteiger partial charge in [0.2, 0.25) is 17.7 Å². The number of nitrogens with one attached hydrogen (secondary N) is 3. The zero-order valence-corrected chi connectivity index (χ0v) is 24.0. The number of carbonyl (C=O) groups excluding carboxylic acids is 3. The van der Waals surface area contributed by atoms with Crippen LogP contribution in [0.25, 0.3) is 0 Å². The first-order chi connectivity index (χ1) is 19.3. The molecule has 0 spiro atoms. The average Bonchev–Trinajstić information content (AvgIpc) is 2.92. The normalized spacial score (nSPS) is 14.8. The third kappa shape index (κ3) is 10.8. The molecule has 11 nitrogen and oxygen atoms in total. The number of carbonyl (C=O) groups is 4. The van der Waals surface area contributed by atoms with Gasteiger partial charge < -0.3 is 37.0 Å². The zero-order chi connectivity index (χ0) is 30.7. The molecule has 11 heteroatoms. The molecular formula is C30H42N4O7. The van der Waals surface area contributed by atoms with Crippen molar-refractivity contribution >= 4 is 23.7 Å². The standard InChI is InChI=1S/C30H42N4O7/c1-5-18(4)26(31)29(39)33-24(15-19-6-10-21(35)11-7-19)28(38)32-23(14-17(2)3)27(37)34-25(30(40)41)16-20-8-12-22(36)13-9-20/h6-13,17-18,23-26,35-36H,5,14-16,31H2,1-4H3,(H,32,38)(H,33,39)(H,34,37)(H,40,41). The Morgan fingerprint density at radius 3 is 1.56 bits per heavy atom. The molecular weight excluding hydrogens is 528 g/mol. The summed E-state index contributed by atoms with van der Waals surface area (Å²) in [6, 6.07) is 7.85. The largest absolute Gasteiger partial charge is 0.508 e. The Bertz CT molecular complexity index is 1170. The highest BCUT2D eigenvalue weighted by molar-refractivity contribution is 5.94. The number of hydrogen-bond donors (Lipinski definition) is 7. The number of amides is 3. The van der Waals surface area contributed by atoms with Crippen LogP contribution in [0.1, 0.15) is 51.7 Å². The highest BCUT2D eigenvalue weighted by atomic mass is 16.4. The number of hydrogen-bond acceptors (Lipinski definition) is 7. The van der Waals surface area contributed by atoms with Crippen molar-refractivity contribution in [2.45, 2.75) is 77.5 Å². The fourth-order valence-electron chi connectivity index (χ4n) is 4.17. The van der Waals surface area contributed by atoms with E-state index < -0.39 is 47.9 Å². The number of aliphatic carboxylic acids is 1. The van der Waals surface area contributed by atoms with Gasteiger partial charge in [0, 0.05) is 12.8 Å². The molecule has 0 aromatic heterocycles. The van der Waals surface area contributed by atoms with Crippen molar-refractivity contribution in [1.82, 2.24) is 16.0 Å². The number of phenolic OH excluding ortho intramolecular Hbond substituents is 2. The molecule has 41 heavy (non-hydrogen) atoms. The number of benzene rings is 2. The van der Waals surface area contributed by atoms with Gasteiger partial charge in [0.25, 0.3) is 0 Å². The summed E-state index contributed by atoms with van der Waals surface area (Å²) in [4.78, 5) is 51.6. The van der Waals surface area contributed by atoms with Gasteiger partial charge in [0.1, 0.15) is 29.6 Å². The number of carboxylic acids is 1. The lowest BCUT2D eigenvalue weighted by Gasteiger charge is -2.27. The van der Waals surface area contributed by atoms with Crippen LogP contribution in [0.4, 0.5) is 0 Å². The van der Waals surface area contributed by atoms with Crippen molar-refractivity contribution in [2.24, 2.45) is 17.6 Å². The Balaban J connectivity index is 2.25. The Kier molecular flexibility index (Phi) is 12.6. The molecule has 0 heterocycles. The number of nitrogens with two attached hydrogens (primary N) is 1. The SMILES string of the molecule is CCC(C)C(N)C(=O)NC(Cc1ccc(O)cc1)C(=O)NC(CC(C)C)C(=O)NC(Cc1ccc(O)cc1)C(=O)O. The number of aromatic hydroxyl groups is 2. The molecule has 0 fully saturated rings. The van der Waals surface area contributed by atoms with E-state index >= 15 is 0 Å². The third-order valence-corrected chi connectivity index (χ3v) is 6.90. The van der Waals surface area contributed by atoms with Gasteiger partial charge in [0.15, 0.2) is 0 Å². The predicted molar refractivity (Wildman–Crippen MR) is 154 cm³/mol. The topological polar surface area (TPSA) is 191 Å². The van der Waals surface area contributed by atoms with Crippen LogP contribution in [0, 0.1) is 11.8 Å². The molecule has 0 saturated carbocycles. The third-order valence-electron chi connectivity index (χ3n) is 6.90. The molecule has 0 aliphatic heterocycles. The van der Waals surface area contributed by atoms with Crippen LogP contribution >= 0.6 is 0 Å². The maximum Gasteiger partial charge on any atom is 0.326 e. The highest BCUT2D eigenvalue weighted by Gasteiger charge is 2.31. The van der Waals surface area contributed by atoms with Crippen molar-refractivity contribution in [3.05, 3.63) is 59.7 Å². The smallest absolute Gasteiger partial charge is 0.326 e. The summed E-state index contributed by atoms with van der Waals surface area (Å²) in [5, 5.41) is 36.8. The molecule has 2 aromatic rings. The number of rotatable bonds is 15. The van der Waals surface area contributed by atoms with Crippen molar-refractivity contribution in [3.8, 4) is 11.5 Å². The average molecular weight is 571 g/mol. The molecule has 0 bridgehead atoms. The Hall–Kier alpha value is -4.12. The summed E-state index contributed by atoms with van der Waals surface area (Å²) in [6.45, 7) is 7.45. The second kappa shape index (κ2) is 15.6. The Morgan fingerprint density at radius 1 is 0.707 bits per heavy atom. The molecule has 0 aliphatic carbocycles. The molecule has 2 aromatic carbocycles. The van der Waals surface area contributed by atoms with E-state index in [4.69, 9.17) is 5.73 Å². The minimum atomic E-state index is -1.28. The second-order valence-corrected chi connectivity index (χ2v) is 10.8. The van der Waals surface area contributed by atoms with Crippen molar-refractivity contribution in [3.63, 3.8) is 0 Å².